The van der Waals surface area contributed by atoms with Gasteiger partial charge in [0.05, 0.1) is 11.0 Å². The number of rotatable bonds is 2. The third kappa shape index (κ3) is 2.89. The molecule has 3 aromatic heterocycles. The van der Waals surface area contributed by atoms with Crippen LogP contribution in [0.1, 0.15) is 5.56 Å². The van der Waals surface area contributed by atoms with Gasteiger partial charge in [0.25, 0.3) is 0 Å². The number of hydrogen-bond donors (Lipinski definition) is 0. The zero-order valence-corrected chi connectivity index (χ0v) is 21.8. The van der Waals surface area contributed by atoms with Crippen molar-refractivity contribution in [1.29, 1.82) is 0 Å². The first-order valence-corrected chi connectivity index (χ1v) is 13.6. The van der Waals surface area contributed by atoms with E-state index in [2.05, 4.69) is 121 Å². The number of para-hydroxylation sites is 2. The first-order chi connectivity index (χ1) is 19.7. The molecule has 0 spiro atoms. The highest BCUT2D eigenvalue weighted by molar-refractivity contribution is 6.15. The first-order valence-electron chi connectivity index (χ1n) is 13.6. The van der Waals surface area contributed by atoms with Crippen LogP contribution in [0.4, 0.5) is 0 Å². The van der Waals surface area contributed by atoms with Crippen molar-refractivity contribution >= 4 is 65.7 Å². The Kier molecular flexibility index (Phi) is 4.26. The molecule has 0 saturated heterocycles. The summed E-state index contributed by atoms with van der Waals surface area (Å²) in [5, 5.41) is 7.08. The summed E-state index contributed by atoms with van der Waals surface area (Å²) >= 11 is 0. The molecule has 0 amide bonds. The third-order valence-electron chi connectivity index (χ3n) is 8.33. The molecule has 0 unspecified atom stereocenters. The Morgan fingerprint density at radius 3 is 1.98 bits per heavy atom. The highest BCUT2D eigenvalue weighted by atomic mass is 16.3. The van der Waals surface area contributed by atoms with Gasteiger partial charge in [0.2, 0.25) is 0 Å². The second-order valence-electron chi connectivity index (χ2n) is 10.6. The van der Waals surface area contributed by atoms with Crippen molar-refractivity contribution in [1.82, 2.24) is 4.57 Å². The number of furan rings is 2. The van der Waals surface area contributed by atoms with E-state index < -0.39 is 0 Å². The molecule has 0 bridgehead atoms. The SMILES string of the molecule is Cc1cccc2oc3ccc(-c4cccc5oc6cc(-n7c8ccccc8c8ccccc87)ccc6c45)cc3c12. The van der Waals surface area contributed by atoms with Crippen LogP contribution in [0.5, 0.6) is 0 Å². The van der Waals surface area contributed by atoms with E-state index in [1.165, 1.54) is 32.8 Å². The fourth-order valence-electron chi connectivity index (χ4n) is 6.57. The minimum Gasteiger partial charge on any atom is -0.456 e. The predicted molar refractivity (Wildman–Crippen MR) is 166 cm³/mol. The molecule has 40 heavy (non-hydrogen) atoms. The highest BCUT2D eigenvalue weighted by Gasteiger charge is 2.17. The van der Waals surface area contributed by atoms with Crippen molar-refractivity contribution in [3.05, 3.63) is 127 Å². The van der Waals surface area contributed by atoms with Gasteiger partial charge in [-0.1, -0.05) is 66.7 Å². The molecule has 0 radical (unpaired) electrons. The topological polar surface area (TPSA) is 31.2 Å². The molecule has 0 aliphatic heterocycles. The van der Waals surface area contributed by atoms with Crippen molar-refractivity contribution in [2.45, 2.75) is 6.92 Å². The van der Waals surface area contributed by atoms with Crippen LogP contribution in [0, 0.1) is 6.92 Å². The van der Waals surface area contributed by atoms with Gasteiger partial charge in [-0.2, -0.15) is 0 Å². The van der Waals surface area contributed by atoms with Gasteiger partial charge in [-0.05, 0) is 72.1 Å². The smallest absolute Gasteiger partial charge is 0.137 e. The van der Waals surface area contributed by atoms with Crippen LogP contribution in [0.15, 0.2) is 130 Å². The van der Waals surface area contributed by atoms with Crippen molar-refractivity contribution in [2.75, 3.05) is 0 Å². The summed E-state index contributed by atoms with van der Waals surface area (Å²) < 4.78 is 15.0. The van der Waals surface area contributed by atoms with Crippen LogP contribution in [-0.4, -0.2) is 4.57 Å². The molecule has 0 atom stereocenters. The molecule has 188 valence electrons. The van der Waals surface area contributed by atoms with Crippen molar-refractivity contribution in [3.63, 3.8) is 0 Å². The zero-order chi connectivity index (χ0) is 26.4. The van der Waals surface area contributed by atoms with Crippen LogP contribution in [0.25, 0.3) is 82.5 Å². The van der Waals surface area contributed by atoms with E-state index in [9.17, 15) is 0 Å². The molecule has 3 heteroatoms. The molecule has 0 aliphatic rings. The number of aromatic nitrogens is 1. The molecule has 6 aromatic carbocycles. The normalized spacial score (nSPS) is 12.1. The number of hydrogen-bond acceptors (Lipinski definition) is 2. The van der Waals surface area contributed by atoms with Gasteiger partial charge < -0.3 is 13.4 Å². The fraction of sp³-hybridized carbons (Fsp3) is 0.0270. The fourth-order valence-corrected chi connectivity index (χ4v) is 6.57. The van der Waals surface area contributed by atoms with Gasteiger partial charge in [-0.3, -0.25) is 0 Å². The average molecular weight is 514 g/mol. The van der Waals surface area contributed by atoms with Crippen LogP contribution >= 0.6 is 0 Å². The maximum Gasteiger partial charge on any atom is 0.137 e. The number of fused-ring (bicyclic) bond motifs is 9. The molecule has 0 aliphatic carbocycles. The Labute approximate surface area is 229 Å². The Morgan fingerprint density at radius 1 is 0.475 bits per heavy atom. The molecule has 9 aromatic rings. The molecule has 3 heterocycles. The Bertz CT molecular complexity index is 2400. The van der Waals surface area contributed by atoms with Gasteiger partial charge in [0, 0.05) is 44.1 Å². The van der Waals surface area contributed by atoms with E-state index in [0.29, 0.717) is 0 Å². The average Bonchev–Trinajstić information content (AvgIpc) is 3.66. The summed E-state index contributed by atoms with van der Waals surface area (Å²) in [5.74, 6) is 0. The van der Waals surface area contributed by atoms with Crippen molar-refractivity contribution in [2.24, 2.45) is 0 Å². The maximum atomic E-state index is 6.51. The monoisotopic (exact) mass is 513 g/mol. The summed E-state index contributed by atoms with van der Waals surface area (Å²) in [6, 6.07) is 42.8. The Morgan fingerprint density at radius 2 is 1.18 bits per heavy atom. The van der Waals surface area contributed by atoms with Crippen molar-refractivity contribution in [3.8, 4) is 16.8 Å². The lowest BCUT2D eigenvalue weighted by molar-refractivity contribution is 0.668. The predicted octanol–water partition coefficient (Wildman–Crippen LogP) is 10.6. The third-order valence-corrected chi connectivity index (χ3v) is 8.33. The van der Waals surface area contributed by atoms with E-state index in [4.69, 9.17) is 8.83 Å². The standard InChI is InChI=1S/C37H23NO2/c1-22-8-6-14-33-36(22)29-20-23(16-19-32(29)39-33)25-11-7-15-34-37(25)28-18-17-24(21-35(28)40-34)38-30-12-4-2-9-26(30)27-10-3-5-13-31(27)38/h2-21H,1H3. The summed E-state index contributed by atoms with van der Waals surface area (Å²) in [6.45, 7) is 2.14. The minimum absolute atomic E-state index is 0.882. The van der Waals surface area contributed by atoms with Crippen LogP contribution < -0.4 is 0 Å². The lowest BCUT2D eigenvalue weighted by atomic mass is 9.97. The number of benzene rings is 6. The summed E-state index contributed by atoms with van der Waals surface area (Å²) in [6.07, 6.45) is 0. The first kappa shape index (κ1) is 21.6. The van der Waals surface area contributed by atoms with Crippen LogP contribution in [-0.2, 0) is 0 Å². The van der Waals surface area contributed by atoms with Crippen LogP contribution in [0.3, 0.4) is 0 Å². The highest BCUT2D eigenvalue weighted by Crippen LogP contribution is 2.41. The van der Waals surface area contributed by atoms with Crippen molar-refractivity contribution < 1.29 is 8.83 Å². The molecular weight excluding hydrogens is 490 g/mol. The van der Waals surface area contributed by atoms with Gasteiger partial charge in [-0.15, -0.1) is 0 Å². The van der Waals surface area contributed by atoms with E-state index in [0.717, 1.165) is 55.3 Å². The lowest BCUT2D eigenvalue weighted by Crippen LogP contribution is -1.93. The van der Waals surface area contributed by atoms with Crippen LogP contribution in [0.2, 0.25) is 0 Å². The largest absolute Gasteiger partial charge is 0.456 e. The maximum absolute atomic E-state index is 6.51. The Hall–Kier alpha value is -5.28. The molecule has 9 rings (SSSR count). The van der Waals surface area contributed by atoms with Gasteiger partial charge in [0.15, 0.2) is 0 Å². The second-order valence-corrected chi connectivity index (χ2v) is 10.6. The minimum atomic E-state index is 0.882. The Balaban J connectivity index is 1.28. The van der Waals surface area contributed by atoms with E-state index in [-0.39, 0.29) is 0 Å². The van der Waals surface area contributed by atoms with E-state index in [1.807, 2.05) is 12.1 Å². The lowest BCUT2D eigenvalue weighted by Gasteiger charge is -2.08. The number of aryl methyl sites for hydroxylation is 1. The second kappa shape index (κ2) is 7.87. The van der Waals surface area contributed by atoms with Gasteiger partial charge in [-0.25, -0.2) is 0 Å². The zero-order valence-electron chi connectivity index (χ0n) is 21.8. The molecule has 0 N–H and O–H groups in total. The summed E-state index contributed by atoms with van der Waals surface area (Å²) in [4.78, 5) is 0. The molecular formula is C37H23NO2. The van der Waals surface area contributed by atoms with E-state index >= 15 is 0 Å². The molecule has 3 nitrogen and oxygen atoms in total. The van der Waals surface area contributed by atoms with E-state index in [1.54, 1.807) is 0 Å². The molecule has 0 saturated carbocycles. The number of nitrogens with zero attached hydrogens (tertiary/aromatic N) is 1. The molecule has 0 fully saturated rings. The van der Waals surface area contributed by atoms with Gasteiger partial charge >= 0.3 is 0 Å². The summed E-state index contributed by atoms with van der Waals surface area (Å²) in [7, 11) is 0. The quantitative estimate of drug-likeness (QED) is 0.230. The van der Waals surface area contributed by atoms with Gasteiger partial charge in [0.1, 0.15) is 22.3 Å². The summed E-state index contributed by atoms with van der Waals surface area (Å²) in [5.41, 5.74) is 10.6.